The van der Waals surface area contributed by atoms with E-state index in [1.807, 2.05) is 6.92 Å². The van der Waals surface area contributed by atoms with Crippen LogP contribution in [0.1, 0.15) is 64.7 Å². The predicted octanol–water partition coefficient (Wildman–Crippen LogP) is 3.59. The molecule has 2 rings (SSSR count). The Hall–Kier alpha value is -0.880. The number of hydrogen-bond donors (Lipinski definition) is 1. The topological polar surface area (TPSA) is 80.7 Å². The van der Waals surface area contributed by atoms with Gasteiger partial charge in [-0.25, -0.2) is 8.42 Å². The Bertz CT molecular complexity index is 554. The smallest absolute Gasteiger partial charge is 0.303 e. The minimum absolute atomic E-state index is 0.208. The molecular formula is C19H32O5S. The molecule has 2 heterocycles. The van der Waals surface area contributed by atoms with E-state index in [0.29, 0.717) is 30.4 Å². The van der Waals surface area contributed by atoms with Crippen molar-refractivity contribution >= 4 is 15.8 Å². The third-order valence-corrected chi connectivity index (χ3v) is 7.27. The van der Waals surface area contributed by atoms with Crippen LogP contribution >= 0.6 is 0 Å². The number of carboxylic acids is 1. The SMILES string of the molecule is CCCCS(=O)(=O)CC[C@@H]1[C@@H](CC=CCCCC(=O)O)[C@H]2CC[C@@H]1O2. The van der Waals surface area contributed by atoms with Crippen molar-refractivity contribution in [2.45, 2.75) is 76.9 Å². The van der Waals surface area contributed by atoms with E-state index in [1.54, 1.807) is 0 Å². The minimum Gasteiger partial charge on any atom is -0.481 e. The summed E-state index contributed by atoms with van der Waals surface area (Å²) >= 11 is 0. The number of ether oxygens (including phenoxy) is 1. The first-order valence-electron chi connectivity index (χ1n) is 9.65. The fourth-order valence-corrected chi connectivity index (χ4v) is 5.69. The van der Waals surface area contributed by atoms with Gasteiger partial charge in [0.2, 0.25) is 0 Å². The molecule has 144 valence electrons. The van der Waals surface area contributed by atoms with Gasteiger partial charge in [-0.15, -0.1) is 0 Å². The van der Waals surface area contributed by atoms with Crippen LogP contribution in [0.3, 0.4) is 0 Å². The van der Waals surface area contributed by atoms with Gasteiger partial charge in [0.05, 0.1) is 23.7 Å². The average molecular weight is 373 g/mol. The van der Waals surface area contributed by atoms with Gasteiger partial charge in [0.15, 0.2) is 0 Å². The summed E-state index contributed by atoms with van der Waals surface area (Å²) in [6.45, 7) is 2.01. The van der Waals surface area contributed by atoms with E-state index in [0.717, 1.165) is 38.5 Å². The summed E-state index contributed by atoms with van der Waals surface area (Å²) in [7, 11) is -2.94. The van der Waals surface area contributed by atoms with Crippen molar-refractivity contribution in [2.24, 2.45) is 11.8 Å². The number of allylic oxidation sites excluding steroid dienone is 2. The van der Waals surface area contributed by atoms with Crippen LogP contribution in [0.25, 0.3) is 0 Å². The van der Waals surface area contributed by atoms with Crippen LogP contribution in [-0.4, -0.2) is 43.2 Å². The van der Waals surface area contributed by atoms with E-state index in [2.05, 4.69) is 12.2 Å². The molecule has 4 atom stereocenters. The molecule has 0 saturated carbocycles. The van der Waals surface area contributed by atoms with Crippen molar-refractivity contribution in [3.63, 3.8) is 0 Å². The fourth-order valence-electron chi connectivity index (χ4n) is 4.12. The van der Waals surface area contributed by atoms with E-state index in [1.165, 1.54) is 0 Å². The van der Waals surface area contributed by atoms with Crippen molar-refractivity contribution in [1.29, 1.82) is 0 Å². The maximum absolute atomic E-state index is 12.1. The summed E-state index contributed by atoms with van der Waals surface area (Å²) < 4.78 is 30.3. The second kappa shape index (κ2) is 9.72. The van der Waals surface area contributed by atoms with Crippen molar-refractivity contribution in [3.05, 3.63) is 12.2 Å². The highest BCUT2D eigenvalue weighted by Crippen LogP contribution is 2.46. The second-order valence-electron chi connectivity index (χ2n) is 7.41. The monoisotopic (exact) mass is 372 g/mol. The lowest BCUT2D eigenvalue weighted by molar-refractivity contribution is -0.137. The first-order chi connectivity index (χ1) is 11.9. The molecule has 0 amide bonds. The van der Waals surface area contributed by atoms with Crippen molar-refractivity contribution in [3.8, 4) is 0 Å². The third kappa shape index (κ3) is 6.41. The molecular weight excluding hydrogens is 340 g/mol. The summed E-state index contributed by atoms with van der Waals surface area (Å²) in [5.74, 6) is 0.594. The molecule has 0 aliphatic carbocycles. The lowest BCUT2D eigenvalue weighted by Gasteiger charge is -2.27. The summed E-state index contributed by atoms with van der Waals surface area (Å²) in [5.41, 5.74) is 0. The van der Waals surface area contributed by atoms with Crippen molar-refractivity contribution < 1.29 is 23.1 Å². The van der Waals surface area contributed by atoms with E-state index in [-0.39, 0.29) is 24.4 Å². The molecule has 2 bridgehead atoms. The summed E-state index contributed by atoms with van der Waals surface area (Å²) in [6, 6.07) is 0. The predicted molar refractivity (Wildman–Crippen MR) is 98.3 cm³/mol. The van der Waals surface area contributed by atoms with Gasteiger partial charge in [-0.3, -0.25) is 4.79 Å². The standard InChI is InChI=1S/C19H32O5S/c1-2-3-13-25(22,23)14-12-16-15(17-10-11-18(16)24-17)8-6-4-5-7-9-19(20)21/h4,6,15-18H,2-3,5,7-14H2,1H3,(H,20,21)/t15-,16-,17-,18+/m1/s1. The number of carboxylic acid groups (broad SMARTS) is 1. The number of aliphatic carboxylic acids is 1. The molecule has 6 heteroatoms. The highest BCUT2D eigenvalue weighted by Gasteiger charge is 2.47. The van der Waals surface area contributed by atoms with E-state index in [4.69, 9.17) is 9.84 Å². The zero-order chi connectivity index (χ0) is 18.3. The van der Waals surface area contributed by atoms with Crippen LogP contribution in [0, 0.1) is 11.8 Å². The highest BCUT2D eigenvalue weighted by molar-refractivity contribution is 7.91. The minimum atomic E-state index is -2.94. The number of carbonyl (C=O) groups is 1. The molecule has 0 unspecified atom stereocenters. The highest BCUT2D eigenvalue weighted by atomic mass is 32.2. The zero-order valence-electron chi connectivity index (χ0n) is 15.2. The molecule has 0 radical (unpaired) electrons. The molecule has 2 aliphatic heterocycles. The molecule has 5 nitrogen and oxygen atoms in total. The van der Waals surface area contributed by atoms with Gasteiger partial charge in [0.25, 0.3) is 0 Å². The lowest BCUT2D eigenvalue weighted by Crippen LogP contribution is -2.29. The van der Waals surface area contributed by atoms with Gasteiger partial charge in [0.1, 0.15) is 9.84 Å². The summed E-state index contributed by atoms with van der Waals surface area (Å²) in [4.78, 5) is 10.5. The van der Waals surface area contributed by atoms with Crippen molar-refractivity contribution in [2.75, 3.05) is 11.5 Å². The number of unbranched alkanes of at least 4 members (excludes halogenated alkanes) is 2. The Labute approximate surface area is 151 Å². The summed E-state index contributed by atoms with van der Waals surface area (Å²) in [5, 5.41) is 8.64. The largest absolute Gasteiger partial charge is 0.481 e. The van der Waals surface area contributed by atoms with Crippen LogP contribution in [-0.2, 0) is 19.4 Å². The fraction of sp³-hybridized carbons (Fsp3) is 0.842. The molecule has 0 aromatic rings. The first-order valence-corrected chi connectivity index (χ1v) is 11.5. The number of sulfone groups is 1. The van der Waals surface area contributed by atoms with Gasteiger partial charge in [-0.2, -0.15) is 0 Å². The number of fused-ring (bicyclic) bond motifs is 2. The Kier molecular flexibility index (Phi) is 7.94. The molecule has 0 aromatic carbocycles. The van der Waals surface area contributed by atoms with Gasteiger partial charge >= 0.3 is 5.97 Å². The first kappa shape index (κ1) is 20.4. The normalized spacial score (nSPS) is 28.8. The van der Waals surface area contributed by atoms with Crippen LogP contribution < -0.4 is 0 Å². The quantitative estimate of drug-likeness (QED) is 0.418. The van der Waals surface area contributed by atoms with Crippen LogP contribution in [0.15, 0.2) is 12.2 Å². The van der Waals surface area contributed by atoms with E-state index < -0.39 is 15.8 Å². The molecule has 2 fully saturated rings. The Morgan fingerprint density at radius 3 is 2.52 bits per heavy atom. The second-order valence-corrected chi connectivity index (χ2v) is 9.71. The van der Waals surface area contributed by atoms with E-state index in [9.17, 15) is 13.2 Å². The zero-order valence-corrected chi connectivity index (χ0v) is 16.0. The molecule has 0 aromatic heterocycles. The maximum atomic E-state index is 12.1. The average Bonchev–Trinajstić information content (AvgIpc) is 3.15. The van der Waals surface area contributed by atoms with Crippen molar-refractivity contribution in [1.82, 2.24) is 0 Å². The summed E-state index contributed by atoms with van der Waals surface area (Å²) in [6.07, 6.45) is 11.8. The number of hydrogen-bond acceptors (Lipinski definition) is 4. The Morgan fingerprint density at radius 2 is 1.84 bits per heavy atom. The molecule has 1 N–H and O–H groups in total. The van der Waals surface area contributed by atoms with Gasteiger partial charge in [0, 0.05) is 6.42 Å². The lowest BCUT2D eigenvalue weighted by atomic mass is 9.76. The molecule has 0 spiro atoms. The molecule has 2 aliphatic rings. The van der Waals surface area contributed by atoms with Crippen LogP contribution in [0.4, 0.5) is 0 Å². The molecule has 25 heavy (non-hydrogen) atoms. The maximum Gasteiger partial charge on any atom is 0.303 e. The van der Waals surface area contributed by atoms with Gasteiger partial charge < -0.3 is 9.84 Å². The Morgan fingerprint density at radius 1 is 1.12 bits per heavy atom. The number of rotatable bonds is 12. The Balaban J connectivity index is 1.80. The molecule has 2 saturated heterocycles. The van der Waals surface area contributed by atoms with Crippen LogP contribution in [0.2, 0.25) is 0 Å². The van der Waals surface area contributed by atoms with Gasteiger partial charge in [-0.1, -0.05) is 25.5 Å². The van der Waals surface area contributed by atoms with Crippen LogP contribution in [0.5, 0.6) is 0 Å². The van der Waals surface area contributed by atoms with Gasteiger partial charge in [-0.05, 0) is 56.8 Å². The third-order valence-electron chi connectivity index (χ3n) is 5.50. The van der Waals surface area contributed by atoms with E-state index >= 15 is 0 Å².